The molecule has 6 nitrogen and oxygen atoms in total. The zero-order valence-electron chi connectivity index (χ0n) is 13.4. The van der Waals surface area contributed by atoms with E-state index in [1.165, 1.54) is 16.8 Å². The van der Waals surface area contributed by atoms with Crippen LogP contribution in [0.15, 0.2) is 64.3 Å². The lowest BCUT2D eigenvalue weighted by atomic mass is 10.2. The number of aryl methyl sites for hydroxylation is 1. The van der Waals surface area contributed by atoms with Crippen LogP contribution in [0.2, 0.25) is 0 Å². The summed E-state index contributed by atoms with van der Waals surface area (Å²) in [6, 6.07) is 16.9. The number of para-hydroxylation sites is 1. The third-order valence-electron chi connectivity index (χ3n) is 3.83. The number of nitrogens with zero attached hydrogens (tertiary/aromatic N) is 2. The molecule has 0 unspecified atom stereocenters. The number of hydrogen-bond donors (Lipinski definition) is 1. The van der Waals surface area contributed by atoms with Crippen LogP contribution in [0.25, 0.3) is 5.69 Å². The summed E-state index contributed by atoms with van der Waals surface area (Å²) in [5.41, 5.74) is 0.808. The zero-order valence-corrected chi connectivity index (χ0v) is 14.2. The van der Waals surface area contributed by atoms with Gasteiger partial charge in [-0.05, 0) is 31.2 Å². The van der Waals surface area contributed by atoms with Crippen LogP contribution in [0, 0.1) is 18.3 Å². The highest BCUT2D eigenvalue weighted by Crippen LogP contribution is 2.17. The summed E-state index contributed by atoms with van der Waals surface area (Å²) in [5.74, 6) is -0.534. The lowest BCUT2D eigenvalue weighted by Gasteiger charge is -2.03. The number of aromatic amines is 1. The fourth-order valence-corrected chi connectivity index (χ4v) is 3.84. The first kappa shape index (κ1) is 16.7. The quantitative estimate of drug-likeness (QED) is 0.778. The number of benzene rings is 2. The Bertz CT molecular complexity index is 1100. The largest absolute Gasteiger partial charge is 0.280 e. The van der Waals surface area contributed by atoms with Crippen molar-refractivity contribution in [1.29, 1.82) is 5.26 Å². The molecule has 126 valence electrons. The first-order chi connectivity index (χ1) is 11.9. The average molecular weight is 353 g/mol. The molecule has 2 aromatic carbocycles. The lowest BCUT2D eigenvalue weighted by Crippen LogP contribution is -2.19. The Labute approximate surface area is 144 Å². The van der Waals surface area contributed by atoms with Gasteiger partial charge in [0.1, 0.15) is 11.8 Å². The fraction of sp³-hybridized carbons (Fsp3) is 0.111. The standard InChI is InChI=1S/C18H15N3O3S/c1-13-7-9-15(10-8-13)25(23,24)12-16-17(11-19)20-21(18(16)22)14-5-3-2-4-6-14/h2-10,20H,12H2,1H3. The highest BCUT2D eigenvalue weighted by molar-refractivity contribution is 7.90. The van der Waals surface area contributed by atoms with Crippen molar-refractivity contribution in [2.75, 3.05) is 0 Å². The van der Waals surface area contributed by atoms with E-state index in [0.717, 1.165) is 5.56 Å². The Kier molecular flexibility index (Phi) is 4.30. The molecule has 0 saturated carbocycles. The van der Waals surface area contributed by atoms with Gasteiger partial charge in [0, 0.05) is 0 Å². The van der Waals surface area contributed by atoms with Crippen LogP contribution in [-0.4, -0.2) is 18.2 Å². The molecule has 25 heavy (non-hydrogen) atoms. The second-order valence-electron chi connectivity index (χ2n) is 5.63. The fourth-order valence-electron chi connectivity index (χ4n) is 2.48. The van der Waals surface area contributed by atoms with E-state index >= 15 is 0 Å². The minimum atomic E-state index is -3.74. The lowest BCUT2D eigenvalue weighted by molar-refractivity contribution is 0.595. The van der Waals surface area contributed by atoms with Gasteiger partial charge in [-0.3, -0.25) is 9.89 Å². The topological polar surface area (TPSA) is 95.7 Å². The Balaban J connectivity index is 2.06. The molecule has 0 saturated heterocycles. The van der Waals surface area contributed by atoms with Crippen molar-refractivity contribution in [3.63, 3.8) is 0 Å². The zero-order chi connectivity index (χ0) is 18.0. The monoisotopic (exact) mass is 353 g/mol. The SMILES string of the molecule is Cc1ccc(S(=O)(=O)Cc2c(C#N)[nH]n(-c3ccccc3)c2=O)cc1. The number of rotatable bonds is 4. The maximum atomic E-state index is 12.6. The smallest absolute Gasteiger partial charge is 0.276 e. The summed E-state index contributed by atoms with van der Waals surface area (Å²) < 4.78 is 26.4. The first-order valence-electron chi connectivity index (χ1n) is 7.51. The van der Waals surface area contributed by atoms with Crippen LogP contribution in [0.4, 0.5) is 0 Å². The number of H-pyrrole nitrogens is 1. The van der Waals surface area contributed by atoms with Gasteiger partial charge in [-0.2, -0.15) is 5.26 Å². The van der Waals surface area contributed by atoms with Crippen molar-refractivity contribution in [3.8, 4) is 11.8 Å². The van der Waals surface area contributed by atoms with E-state index in [2.05, 4.69) is 5.10 Å². The van der Waals surface area contributed by atoms with E-state index in [0.29, 0.717) is 5.69 Å². The first-order valence-corrected chi connectivity index (χ1v) is 9.16. The molecule has 7 heteroatoms. The second-order valence-corrected chi connectivity index (χ2v) is 7.61. The third-order valence-corrected chi connectivity index (χ3v) is 5.49. The summed E-state index contributed by atoms with van der Waals surface area (Å²) in [6.45, 7) is 1.86. The van der Waals surface area contributed by atoms with Crippen molar-refractivity contribution in [3.05, 3.63) is 81.8 Å². The average Bonchev–Trinajstić information content (AvgIpc) is 2.92. The van der Waals surface area contributed by atoms with Crippen molar-refractivity contribution < 1.29 is 8.42 Å². The predicted molar refractivity (Wildman–Crippen MR) is 93.2 cm³/mol. The van der Waals surface area contributed by atoms with Gasteiger partial charge in [-0.1, -0.05) is 35.9 Å². The number of hydrogen-bond acceptors (Lipinski definition) is 4. The van der Waals surface area contributed by atoms with Gasteiger partial charge in [0.15, 0.2) is 9.84 Å². The van der Waals surface area contributed by atoms with Crippen LogP contribution >= 0.6 is 0 Å². The Hall–Kier alpha value is -3.11. The van der Waals surface area contributed by atoms with Crippen LogP contribution in [0.5, 0.6) is 0 Å². The van der Waals surface area contributed by atoms with E-state index in [9.17, 15) is 18.5 Å². The Morgan fingerprint density at radius 3 is 2.32 bits per heavy atom. The minimum absolute atomic E-state index is 0.0514. The molecule has 0 atom stereocenters. The van der Waals surface area contributed by atoms with Crippen molar-refractivity contribution in [2.24, 2.45) is 0 Å². The van der Waals surface area contributed by atoms with Gasteiger partial charge in [0.25, 0.3) is 5.56 Å². The Morgan fingerprint density at radius 1 is 1.08 bits per heavy atom. The van der Waals surface area contributed by atoms with Crippen LogP contribution in [-0.2, 0) is 15.6 Å². The molecule has 1 N–H and O–H groups in total. The maximum Gasteiger partial charge on any atom is 0.276 e. The van der Waals surface area contributed by atoms with E-state index in [1.807, 2.05) is 13.0 Å². The van der Waals surface area contributed by atoms with Crippen LogP contribution in [0.1, 0.15) is 16.8 Å². The molecule has 0 amide bonds. The predicted octanol–water partition coefficient (Wildman–Crippen LogP) is 2.32. The number of sulfone groups is 1. The van der Waals surface area contributed by atoms with Gasteiger partial charge < -0.3 is 0 Å². The molecule has 0 fully saturated rings. The summed E-state index contributed by atoms with van der Waals surface area (Å²) in [6.07, 6.45) is 0. The second kappa shape index (κ2) is 6.42. The molecule has 3 aromatic rings. The third kappa shape index (κ3) is 3.25. The Morgan fingerprint density at radius 2 is 1.72 bits per heavy atom. The molecule has 0 bridgehead atoms. The summed E-state index contributed by atoms with van der Waals surface area (Å²) in [7, 11) is -3.74. The van der Waals surface area contributed by atoms with Crippen molar-refractivity contribution >= 4 is 9.84 Å². The number of nitrogens with one attached hydrogen (secondary N) is 1. The van der Waals surface area contributed by atoms with Gasteiger partial charge >= 0.3 is 0 Å². The van der Waals surface area contributed by atoms with E-state index < -0.39 is 21.1 Å². The molecule has 0 aliphatic rings. The van der Waals surface area contributed by atoms with Crippen LogP contribution < -0.4 is 5.56 Å². The molecular weight excluding hydrogens is 338 g/mol. The maximum absolute atomic E-state index is 12.6. The molecule has 0 radical (unpaired) electrons. The van der Waals surface area contributed by atoms with Crippen molar-refractivity contribution in [1.82, 2.24) is 9.78 Å². The van der Waals surface area contributed by atoms with Gasteiger partial charge in [0.05, 0.1) is 21.9 Å². The summed E-state index contributed by atoms with van der Waals surface area (Å²) >= 11 is 0. The summed E-state index contributed by atoms with van der Waals surface area (Å²) in [5, 5.41) is 12.0. The molecule has 0 aliphatic heterocycles. The molecular formula is C18H15N3O3S. The van der Waals surface area contributed by atoms with E-state index in [1.54, 1.807) is 42.5 Å². The van der Waals surface area contributed by atoms with Gasteiger partial charge in [-0.15, -0.1) is 0 Å². The van der Waals surface area contributed by atoms with E-state index in [-0.39, 0.29) is 16.2 Å². The molecule has 3 rings (SSSR count). The number of aromatic nitrogens is 2. The van der Waals surface area contributed by atoms with Crippen LogP contribution in [0.3, 0.4) is 0 Å². The van der Waals surface area contributed by atoms with E-state index in [4.69, 9.17) is 0 Å². The molecule has 1 aromatic heterocycles. The molecule has 0 spiro atoms. The van der Waals surface area contributed by atoms with Crippen molar-refractivity contribution in [2.45, 2.75) is 17.6 Å². The normalized spacial score (nSPS) is 11.2. The summed E-state index contributed by atoms with van der Waals surface area (Å²) in [4.78, 5) is 12.7. The van der Waals surface area contributed by atoms with Gasteiger partial charge in [-0.25, -0.2) is 13.1 Å². The number of nitriles is 1. The highest BCUT2D eigenvalue weighted by Gasteiger charge is 2.23. The molecule has 1 heterocycles. The molecule has 0 aliphatic carbocycles. The minimum Gasteiger partial charge on any atom is -0.280 e. The van der Waals surface area contributed by atoms with Gasteiger partial charge in [0.2, 0.25) is 0 Å². The highest BCUT2D eigenvalue weighted by atomic mass is 32.2.